The summed E-state index contributed by atoms with van der Waals surface area (Å²) in [5.41, 5.74) is 1.61. The smallest absolute Gasteiger partial charge is 0.251 e. The minimum absolute atomic E-state index is 0.144. The molecule has 7 nitrogen and oxygen atoms in total. The van der Waals surface area contributed by atoms with E-state index >= 15 is 0 Å². The number of hydrogen-bond acceptors (Lipinski definition) is 5. The van der Waals surface area contributed by atoms with E-state index < -0.39 is 0 Å². The van der Waals surface area contributed by atoms with Crippen molar-refractivity contribution in [3.8, 4) is 5.75 Å². The van der Waals surface area contributed by atoms with E-state index in [9.17, 15) is 4.79 Å². The highest BCUT2D eigenvalue weighted by Gasteiger charge is 2.11. The molecule has 0 aliphatic carbocycles. The third-order valence-electron chi connectivity index (χ3n) is 4.10. The van der Waals surface area contributed by atoms with Gasteiger partial charge in [-0.2, -0.15) is 0 Å². The standard InChI is InChI=1S/C20H22ClN5O2/c1-14(2)26-19(23-24-25-26)13-28-18-8-4-6-16(12-18)20(27)22-10-9-15-5-3-7-17(21)11-15/h3-8,11-12,14H,9-10,13H2,1-2H3,(H,22,27). The number of ether oxygens (including phenoxy) is 1. The minimum Gasteiger partial charge on any atom is -0.486 e. The van der Waals surface area contributed by atoms with Gasteiger partial charge in [-0.25, -0.2) is 4.68 Å². The van der Waals surface area contributed by atoms with Gasteiger partial charge >= 0.3 is 0 Å². The Balaban J connectivity index is 1.54. The first kappa shape index (κ1) is 19.8. The summed E-state index contributed by atoms with van der Waals surface area (Å²) in [4.78, 5) is 12.4. The molecule has 3 aromatic rings. The number of carbonyl (C=O) groups excluding carboxylic acids is 1. The first-order chi connectivity index (χ1) is 13.5. The maximum Gasteiger partial charge on any atom is 0.251 e. The Hall–Kier alpha value is -2.93. The molecule has 0 bridgehead atoms. The van der Waals surface area contributed by atoms with Crippen LogP contribution in [0.3, 0.4) is 0 Å². The van der Waals surface area contributed by atoms with Gasteiger partial charge in [0.2, 0.25) is 0 Å². The van der Waals surface area contributed by atoms with Gasteiger partial charge in [0.05, 0.1) is 6.04 Å². The SMILES string of the molecule is CC(C)n1nnnc1COc1cccc(C(=O)NCCc2cccc(Cl)c2)c1. The lowest BCUT2D eigenvalue weighted by atomic mass is 10.1. The summed E-state index contributed by atoms with van der Waals surface area (Å²) in [6.45, 7) is 4.74. The Morgan fingerprint density at radius 3 is 2.82 bits per heavy atom. The molecular formula is C20H22ClN5O2. The molecule has 0 saturated carbocycles. The van der Waals surface area contributed by atoms with E-state index in [0.717, 1.165) is 5.56 Å². The zero-order valence-corrected chi connectivity index (χ0v) is 16.6. The van der Waals surface area contributed by atoms with Crippen molar-refractivity contribution in [1.29, 1.82) is 0 Å². The zero-order chi connectivity index (χ0) is 19.9. The predicted octanol–water partition coefficient (Wildman–Crippen LogP) is 3.46. The minimum atomic E-state index is -0.153. The van der Waals surface area contributed by atoms with Crippen LogP contribution in [-0.4, -0.2) is 32.7 Å². The molecule has 2 aromatic carbocycles. The highest BCUT2D eigenvalue weighted by Crippen LogP contribution is 2.16. The fraction of sp³-hybridized carbons (Fsp3) is 0.300. The van der Waals surface area contributed by atoms with Crippen LogP contribution in [0, 0.1) is 0 Å². The molecule has 3 rings (SSSR count). The number of benzene rings is 2. The number of nitrogens with one attached hydrogen (secondary N) is 1. The van der Waals surface area contributed by atoms with Gasteiger partial charge in [-0.05, 0) is 66.6 Å². The van der Waals surface area contributed by atoms with Crippen LogP contribution in [-0.2, 0) is 13.0 Å². The quantitative estimate of drug-likeness (QED) is 0.627. The molecule has 28 heavy (non-hydrogen) atoms. The molecule has 0 atom stereocenters. The fourth-order valence-corrected chi connectivity index (χ4v) is 2.91. The Labute approximate surface area is 168 Å². The van der Waals surface area contributed by atoms with Gasteiger partial charge in [0.1, 0.15) is 12.4 Å². The highest BCUT2D eigenvalue weighted by molar-refractivity contribution is 6.30. The summed E-state index contributed by atoms with van der Waals surface area (Å²) in [5, 5.41) is 15.2. The molecule has 1 aromatic heterocycles. The number of nitrogens with zero attached hydrogens (tertiary/aromatic N) is 4. The zero-order valence-electron chi connectivity index (χ0n) is 15.8. The van der Waals surface area contributed by atoms with Crippen molar-refractivity contribution in [2.24, 2.45) is 0 Å². The van der Waals surface area contributed by atoms with Crippen LogP contribution in [0.4, 0.5) is 0 Å². The van der Waals surface area contributed by atoms with Crippen molar-refractivity contribution < 1.29 is 9.53 Å². The Morgan fingerprint density at radius 1 is 1.21 bits per heavy atom. The molecule has 0 fully saturated rings. The van der Waals surface area contributed by atoms with Crippen LogP contribution in [0.2, 0.25) is 5.02 Å². The summed E-state index contributed by atoms with van der Waals surface area (Å²) in [7, 11) is 0. The molecule has 0 unspecified atom stereocenters. The maximum absolute atomic E-state index is 12.4. The topological polar surface area (TPSA) is 81.9 Å². The number of halogens is 1. The van der Waals surface area contributed by atoms with E-state index in [4.69, 9.17) is 16.3 Å². The van der Waals surface area contributed by atoms with Gasteiger partial charge in [0.15, 0.2) is 5.82 Å². The summed E-state index contributed by atoms with van der Waals surface area (Å²) in [5.74, 6) is 1.06. The monoisotopic (exact) mass is 399 g/mol. The van der Waals surface area contributed by atoms with E-state index in [-0.39, 0.29) is 18.6 Å². The van der Waals surface area contributed by atoms with E-state index in [2.05, 4.69) is 20.8 Å². The Kier molecular flexibility index (Phi) is 6.60. The molecular weight excluding hydrogens is 378 g/mol. The number of hydrogen-bond donors (Lipinski definition) is 1. The second kappa shape index (κ2) is 9.32. The lowest BCUT2D eigenvalue weighted by Gasteiger charge is -2.10. The summed E-state index contributed by atoms with van der Waals surface area (Å²) in [6, 6.07) is 14.8. The largest absolute Gasteiger partial charge is 0.486 e. The van der Waals surface area contributed by atoms with Gasteiger partial charge in [-0.15, -0.1) is 5.10 Å². The number of amides is 1. The third-order valence-corrected chi connectivity index (χ3v) is 4.34. The molecule has 0 aliphatic heterocycles. The van der Waals surface area contributed by atoms with E-state index in [1.54, 1.807) is 28.9 Å². The molecule has 0 spiro atoms. The molecule has 146 valence electrons. The summed E-state index contributed by atoms with van der Waals surface area (Å²) in [6.07, 6.45) is 0.709. The van der Waals surface area contributed by atoms with E-state index in [1.165, 1.54) is 0 Å². The molecule has 0 aliphatic rings. The summed E-state index contributed by atoms with van der Waals surface area (Å²) < 4.78 is 7.46. The first-order valence-corrected chi connectivity index (χ1v) is 9.43. The van der Waals surface area contributed by atoms with E-state index in [0.29, 0.717) is 35.1 Å². The van der Waals surface area contributed by atoms with Gasteiger partial charge < -0.3 is 10.1 Å². The number of aromatic nitrogens is 4. The van der Waals surface area contributed by atoms with Crippen molar-refractivity contribution in [2.75, 3.05) is 6.54 Å². The van der Waals surface area contributed by atoms with Crippen LogP contribution >= 0.6 is 11.6 Å². The normalized spacial score (nSPS) is 10.9. The molecule has 0 saturated heterocycles. The Morgan fingerprint density at radius 2 is 2.04 bits per heavy atom. The van der Waals surface area contributed by atoms with Gasteiger partial charge in [0.25, 0.3) is 5.91 Å². The fourth-order valence-electron chi connectivity index (χ4n) is 2.70. The second-order valence-corrected chi connectivity index (χ2v) is 7.02. The lowest BCUT2D eigenvalue weighted by molar-refractivity contribution is 0.0953. The van der Waals surface area contributed by atoms with Crippen molar-refractivity contribution in [3.63, 3.8) is 0 Å². The predicted molar refractivity (Wildman–Crippen MR) is 106 cm³/mol. The van der Waals surface area contributed by atoms with E-state index in [1.807, 2.05) is 38.1 Å². The van der Waals surface area contributed by atoms with Crippen molar-refractivity contribution in [1.82, 2.24) is 25.5 Å². The number of rotatable bonds is 8. The molecule has 1 amide bonds. The van der Waals surface area contributed by atoms with Crippen molar-refractivity contribution in [3.05, 3.63) is 70.5 Å². The first-order valence-electron chi connectivity index (χ1n) is 9.05. The molecule has 8 heteroatoms. The van der Waals surface area contributed by atoms with Gasteiger partial charge in [-0.1, -0.05) is 29.8 Å². The van der Waals surface area contributed by atoms with Crippen LogP contribution < -0.4 is 10.1 Å². The average Bonchev–Trinajstić information content (AvgIpc) is 3.15. The number of carbonyl (C=O) groups is 1. The molecule has 1 heterocycles. The molecule has 1 N–H and O–H groups in total. The van der Waals surface area contributed by atoms with Crippen molar-refractivity contribution >= 4 is 17.5 Å². The third kappa shape index (κ3) is 5.29. The van der Waals surface area contributed by atoms with Crippen LogP contribution in [0.1, 0.15) is 41.6 Å². The van der Waals surface area contributed by atoms with Gasteiger partial charge in [-0.3, -0.25) is 4.79 Å². The summed E-state index contributed by atoms with van der Waals surface area (Å²) >= 11 is 5.98. The van der Waals surface area contributed by atoms with Crippen LogP contribution in [0.15, 0.2) is 48.5 Å². The van der Waals surface area contributed by atoms with Crippen LogP contribution in [0.5, 0.6) is 5.75 Å². The van der Waals surface area contributed by atoms with Gasteiger partial charge in [0, 0.05) is 17.1 Å². The number of tetrazole rings is 1. The molecule has 0 radical (unpaired) electrons. The average molecular weight is 400 g/mol. The lowest BCUT2D eigenvalue weighted by Crippen LogP contribution is -2.25. The van der Waals surface area contributed by atoms with Crippen molar-refractivity contribution in [2.45, 2.75) is 32.9 Å². The maximum atomic E-state index is 12.4. The highest BCUT2D eigenvalue weighted by atomic mass is 35.5. The second-order valence-electron chi connectivity index (χ2n) is 6.59. The Bertz CT molecular complexity index is 942. The van der Waals surface area contributed by atoms with Crippen LogP contribution in [0.25, 0.3) is 0 Å².